The lowest BCUT2D eigenvalue weighted by Crippen LogP contribution is -2.42. The van der Waals surface area contributed by atoms with E-state index >= 15 is 0 Å². The highest BCUT2D eigenvalue weighted by Gasteiger charge is 2.43. The Bertz CT molecular complexity index is 702. The van der Waals surface area contributed by atoms with Crippen molar-refractivity contribution >= 4 is 17.7 Å². The smallest absolute Gasteiger partial charge is 0.415 e. The number of esters is 1. The Labute approximate surface area is 142 Å². The lowest BCUT2D eigenvalue weighted by atomic mass is 9.86. The first-order valence-electron chi connectivity index (χ1n) is 8.21. The molecule has 1 aliphatic carbocycles. The van der Waals surface area contributed by atoms with Crippen LogP contribution < -0.4 is 4.90 Å². The van der Waals surface area contributed by atoms with Crippen molar-refractivity contribution in [1.82, 2.24) is 0 Å². The minimum Gasteiger partial charge on any atom is -0.465 e. The van der Waals surface area contributed by atoms with E-state index in [2.05, 4.69) is 12.2 Å². The fourth-order valence-electron chi connectivity index (χ4n) is 3.46. The molecule has 1 aliphatic heterocycles. The molecule has 1 aromatic carbocycles. The SMILES string of the molecule is COC(=O)c1ccc2c(c1)C1CC=CCC1N2C(=O)OC(C)(C)C. The van der Waals surface area contributed by atoms with Gasteiger partial charge in [-0.15, -0.1) is 0 Å². The number of amides is 1. The number of allylic oxidation sites excluding steroid dienone is 1. The Morgan fingerprint density at radius 1 is 1.17 bits per heavy atom. The first-order valence-corrected chi connectivity index (χ1v) is 8.21. The van der Waals surface area contributed by atoms with Crippen molar-refractivity contribution in [2.75, 3.05) is 12.0 Å². The van der Waals surface area contributed by atoms with Crippen LogP contribution in [0.2, 0.25) is 0 Å². The molecule has 0 saturated heterocycles. The van der Waals surface area contributed by atoms with Crippen LogP contribution >= 0.6 is 0 Å². The Hall–Kier alpha value is -2.30. The minimum absolute atomic E-state index is 0.0350. The number of hydrogen-bond donors (Lipinski definition) is 0. The van der Waals surface area contributed by atoms with Gasteiger partial charge in [-0.3, -0.25) is 4.90 Å². The van der Waals surface area contributed by atoms with Crippen LogP contribution in [0.25, 0.3) is 0 Å². The van der Waals surface area contributed by atoms with Crippen LogP contribution in [0.15, 0.2) is 30.4 Å². The average Bonchev–Trinajstić information content (AvgIpc) is 2.86. The number of carbonyl (C=O) groups is 2. The molecule has 0 N–H and O–H groups in total. The molecule has 0 aromatic heterocycles. The second-order valence-electron chi connectivity index (χ2n) is 7.23. The molecule has 1 amide bonds. The first kappa shape index (κ1) is 16.6. The molecule has 0 spiro atoms. The molecule has 0 saturated carbocycles. The molecule has 2 atom stereocenters. The Morgan fingerprint density at radius 3 is 2.54 bits per heavy atom. The summed E-state index contributed by atoms with van der Waals surface area (Å²) in [5, 5.41) is 0. The maximum Gasteiger partial charge on any atom is 0.415 e. The van der Waals surface area contributed by atoms with Gasteiger partial charge >= 0.3 is 12.1 Å². The normalized spacial score (nSPS) is 21.9. The second-order valence-corrected chi connectivity index (χ2v) is 7.23. The van der Waals surface area contributed by atoms with E-state index in [4.69, 9.17) is 9.47 Å². The van der Waals surface area contributed by atoms with Gasteiger partial charge in [0.2, 0.25) is 0 Å². The fourth-order valence-corrected chi connectivity index (χ4v) is 3.46. The van der Waals surface area contributed by atoms with Gasteiger partial charge in [-0.2, -0.15) is 0 Å². The third-order valence-electron chi connectivity index (χ3n) is 4.43. The number of fused-ring (bicyclic) bond motifs is 3. The second kappa shape index (κ2) is 5.96. The molecular formula is C19H23NO4. The lowest BCUT2D eigenvalue weighted by Gasteiger charge is -2.31. The van der Waals surface area contributed by atoms with Gasteiger partial charge in [-0.05, 0) is 57.4 Å². The van der Waals surface area contributed by atoms with Gasteiger partial charge in [0.1, 0.15) is 5.60 Å². The van der Waals surface area contributed by atoms with Crippen molar-refractivity contribution in [1.29, 1.82) is 0 Å². The monoisotopic (exact) mass is 329 g/mol. The Morgan fingerprint density at radius 2 is 1.88 bits per heavy atom. The van der Waals surface area contributed by atoms with Gasteiger partial charge in [-0.25, -0.2) is 9.59 Å². The molecule has 0 radical (unpaired) electrons. The Kier molecular flexibility index (Phi) is 4.11. The largest absolute Gasteiger partial charge is 0.465 e. The number of ether oxygens (including phenoxy) is 2. The fraction of sp³-hybridized carbons (Fsp3) is 0.474. The van der Waals surface area contributed by atoms with Crippen molar-refractivity contribution in [2.45, 2.75) is 51.2 Å². The van der Waals surface area contributed by atoms with Gasteiger partial charge in [0.15, 0.2) is 0 Å². The Balaban J connectivity index is 2.01. The molecule has 0 bridgehead atoms. The molecule has 5 nitrogen and oxygen atoms in total. The minimum atomic E-state index is -0.550. The number of carbonyl (C=O) groups excluding carboxylic acids is 2. The zero-order valence-corrected chi connectivity index (χ0v) is 14.5. The highest BCUT2D eigenvalue weighted by Crippen LogP contribution is 2.47. The summed E-state index contributed by atoms with van der Waals surface area (Å²) in [6.45, 7) is 5.58. The van der Waals surface area contributed by atoms with E-state index in [1.807, 2.05) is 32.9 Å². The van der Waals surface area contributed by atoms with Crippen molar-refractivity contribution in [3.63, 3.8) is 0 Å². The standard InChI is InChI=1S/C19H23NO4/c1-19(2,3)24-18(22)20-15-8-6-5-7-13(15)14-11-12(17(21)23-4)9-10-16(14)20/h5-6,9-11,13,15H,7-8H2,1-4H3. The van der Waals surface area contributed by atoms with Crippen LogP contribution in [-0.4, -0.2) is 30.8 Å². The van der Waals surface area contributed by atoms with Gasteiger partial charge < -0.3 is 9.47 Å². The number of hydrogen-bond acceptors (Lipinski definition) is 4. The van der Waals surface area contributed by atoms with E-state index in [-0.39, 0.29) is 24.0 Å². The zero-order valence-electron chi connectivity index (χ0n) is 14.5. The number of benzene rings is 1. The van der Waals surface area contributed by atoms with Gasteiger partial charge in [0.05, 0.1) is 24.4 Å². The summed E-state index contributed by atoms with van der Waals surface area (Å²) in [5.74, 6) is -0.182. The lowest BCUT2D eigenvalue weighted by molar-refractivity contribution is 0.0563. The first-order chi connectivity index (χ1) is 11.3. The summed E-state index contributed by atoms with van der Waals surface area (Å²) in [5.41, 5.74) is 1.80. The van der Waals surface area contributed by atoms with Gasteiger partial charge in [0.25, 0.3) is 0 Å². The number of nitrogens with zero attached hydrogens (tertiary/aromatic N) is 1. The maximum atomic E-state index is 12.7. The van der Waals surface area contributed by atoms with Crippen LogP contribution in [0.4, 0.5) is 10.5 Å². The van der Waals surface area contributed by atoms with E-state index in [9.17, 15) is 9.59 Å². The molecular weight excluding hydrogens is 306 g/mol. The van der Waals surface area contributed by atoms with E-state index in [0.717, 1.165) is 24.1 Å². The molecule has 2 unspecified atom stereocenters. The summed E-state index contributed by atoms with van der Waals surface area (Å²) >= 11 is 0. The third-order valence-corrected chi connectivity index (χ3v) is 4.43. The molecule has 1 aromatic rings. The zero-order chi connectivity index (χ0) is 17.5. The van der Waals surface area contributed by atoms with Gasteiger partial charge in [-0.1, -0.05) is 12.2 Å². The van der Waals surface area contributed by atoms with E-state index in [1.165, 1.54) is 7.11 Å². The molecule has 3 rings (SSSR count). The van der Waals surface area contributed by atoms with E-state index in [1.54, 1.807) is 11.0 Å². The molecule has 2 aliphatic rings. The summed E-state index contributed by atoms with van der Waals surface area (Å²) in [6.07, 6.45) is 5.53. The summed E-state index contributed by atoms with van der Waals surface area (Å²) in [6, 6.07) is 5.41. The number of methoxy groups -OCH3 is 1. The van der Waals surface area contributed by atoms with Gasteiger partial charge in [0, 0.05) is 5.92 Å². The van der Waals surface area contributed by atoms with Crippen LogP contribution in [-0.2, 0) is 9.47 Å². The van der Waals surface area contributed by atoms with Crippen molar-refractivity contribution < 1.29 is 19.1 Å². The maximum absolute atomic E-state index is 12.7. The van der Waals surface area contributed by atoms with E-state index in [0.29, 0.717) is 5.56 Å². The van der Waals surface area contributed by atoms with Crippen LogP contribution in [0.3, 0.4) is 0 Å². The molecule has 0 fully saturated rings. The van der Waals surface area contributed by atoms with Crippen LogP contribution in [0.5, 0.6) is 0 Å². The molecule has 1 heterocycles. The quantitative estimate of drug-likeness (QED) is 0.576. The molecule has 24 heavy (non-hydrogen) atoms. The summed E-state index contributed by atoms with van der Waals surface area (Å²) in [7, 11) is 1.37. The topological polar surface area (TPSA) is 55.8 Å². The molecule has 128 valence electrons. The number of rotatable bonds is 1. The van der Waals surface area contributed by atoms with Crippen molar-refractivity contribution in [3.8, 4) is 0 Å². The predicted octanol–water partition coefficient (Wildman–Crippen LogP) is 4.03. The number of anilines is 1. The highest BCUT2D eigenvalue weighted by atomic mass is 16.6. The highest BCUT2D eigenvalue weighted by molar-refractivity contribution is 5.95. The average molecular weight is 329 g/mol. The van der Waals surface area contributed by atoms with Crippen molar-refractivity contribution in [3.05, 3.63) is 41.5 Å². The third kappa shape index (κ3) is 2.90. The molecule has 5 heteroatoms. The van der Waals surface area contributed by atoms with Crippen LogP contribution in [0, 0.1) is 0 Å². The summed E-state index contributed by atoms with van der Waals surface area (Å²) in [4.78, 5) is 26.3. The van der Waals surface area contributed by atoms with Crippen LogP contribution in [0.1, 0.15) is 55.5 Å². The predicted molar refractivity (Wildman–Crippen MR) is 91.4 cm³/mol. The van der Waals surface area contributed by atoms with Crippen molar-refractivity contribution in [2.24, 2.45) is 0 Å². The summed E-state index contributed by atoms with van der Waals surface area (Å²) < 4.78 is 10.4. The van der Waals surface area contributed by atoms with E-state index < -0.39 is 5.60 Å².